The van der Waals surface area contributed by atoms with Gasteiger partial charge in [-0.15, -0.1) is 0 Å². The van der Waals surface area contributed by atoms with Gasteiger partial charge < -0.3 is 10.1 Å². The van der Waals surface area contributed by atoms with E-state index in [0.29, 0.717) is 34.0 Å². The molecular formula is C23H18BrClN2O3. The van der Waals surface area contributed by atoms with Crippen LogP contribution in [0, 0.1) is 0 Å². The third kappa shape index (κ3) is 3.93. The zero-order valence-corrected chi connectivity index (χ0v) is 18.5. The van der Waals surface area contributed by atoms with E-state index in [9.17, 15) is 9.59 Å². The van der Waals surface area contributed by atoms with Gasteiger partial charge in [0.05, 0.1) is 9.50 Å². The van der Waals surface area contributed by atoms with Gasteiger partial charge in [0.25, 0.3) is 5.91 Å². The van der Waals surface area contributed by atoms with Crippen molar-refractivity contribution in [3.8, 4) is 5.75 Å². The predicted molar refractivity (Wildman–Crippen MR) is 121 cm³/mol. The normalized spacial score (nSPS) is 15.2. The van der Waals surface area contributed by atoms with Crippen molar-refractivity contribution in [3.05, 3.63) is 80.9 Å². The van der Waals surface area contributed by atoms with Crippen LogP contribution in [0.3, 0.4) is 0 Å². The van der Waals surface area contributed by atoms with Crippen LogP contribution < -0.4 is 10.1 Å². The Morgan fingerprint density at radius 1 is 1.13 bits per heavy atom. The number of amides is 3. The van der Waals surface area contributed by atoms with Gasteiger partial charge in [0.15, 0.2) is 5.75 Å². The highest BCUT2D eigenvalue weighted by atomic mass is 79.9. The smallest absolute Gasteiger partial charge is 0.328 e. The lowest BCUT2D eigenvalue weighted by atomic mass is 10.1. The lowest BCUT2D eigenvalue weighted by Crippen LogP contribution is -2.30. The van der Waals surface area contributed by atoms with Crippen LogP contribution in [0.15, 0.2) is 64.8 Å². The topological polar surface area (TPSA) is 58.6 Å². The third-order valence-corrected chi connectivity index (χ3v) is 5.73. The molecule has 0 aliphatic carbocycles. The molecule has 0 aromatic heterocycles. The second-order valence-corrected chi connectivity index (χ2v) is 8.04. The minimum absolute atomic E-state index is 0.217. The summed E-state index contributed by atoms with van der Waals surface area (Å²) in [7, 11) is 0. The van der Waals surface area contributed by atoms with Gasteiger partial charge in [-0.05, 0) is 63.0 Å². The number of carbonyl (C=O) groups is 2. The quantitative estimate of drug-likeness (QED) is 0.370. The number of ether oxygens (including phenoxy) is 1. The molecule has 1 heterocycles. The molecule has 4 rings (SSSR count). The van der Waals surface area contributed by atoms with E-state index >= 15 is 0 Å². The Bertz CT molecular complexity index is 1160. The molecule has 1 saturated heterocycles. The highest BCUT2D eigenvalue weighted by Crippen LogP contribution is 2.36. The maximum Gasteiger partial charge on any atom is 0.328 e. The Balaban J connectivity index is 1.57. The van der Waals surface area contributed by atoms with Crippen LogP contribution in [0.4, 0.5) is 4.79 Å². The molecule has 3 aromatic rings. The highest BCUT2D eigenvalue weighted by Gasteiger charge is 2.32. The van der Waals surface area contributed by atoms with Gasteiger partial charge in [0.1, 0.15) is 12.3 Å². The first-order chi connectivity index (χ1) is 14.5. The van der Waals surface area contributed by atoms with Crippen LogP contribution >= 0.6 is 27.5 Å². The van der Waals surface area contributed by atoms with Gasteiger partial charge in [-0.25, -0.2) is 4.79 Å². The van der Waals surface area contributed by atoms with E-state index in [-0.39, 0.29) is 11.6 Å². The molecule has 0 saturated carbocycles. The Labute approximate surface area is 187 Å². The van der Waals surface area contributed by atoms with Gasteiger partial charge >= 0.3 is 6.03 Å². The average molecular weight is 486 g/mol. The van der Waals surface area contributed by atoms with E-state index < -0.39 is 6.03 Å². The zero-order valence-electron chi connectivity index (χ0n) is 16.1. The average Bonchev–Trinajstić information content (AvgIpc) is 2.99. The Morgan fingerprint density at radius 2 is 1.90 bits per heavy atom. The van der Waals surface area contributed by atoms with E-state index in [4.69, 9.17) is 16.3 Å². The van der Waals surface area contributed by atoms with Gasteiger partial charge in [0, 0.05) is 6.54 Å². The van der Waals surface area contributed by atoms with Crippen molar-refractivity contribution < 1.29 is 14.3 Å². The summed E-state index contributed by atoms with van der Waals surface area (Å²) in [5.74, 6) is 0.162. The molecular weight excluding hydrogens is 468 g/mol. The molecule has 1 aliphatic heterocycles. The van der Waals surface area contributed by atoms with Crippen LogP contribution in [0.1, 0.15) is 18.1 Å². The summed E-state index contributed by atoms with van der Waals surface area (Å²) in [6.45, 7) is 2.42. The number of nitrogens with zero attached hydrogens (tertiary/aromatic N) is 1. The van der Waals surface area contributed by atoms with Crippen molar-refractivity contribution >= 4 is 56.3 Å². The zero-order chi connectivity index (χ0) is 21.3. The summed E-state index contributed by atoms with van der Waals surface area (Å²) in [5, 5.41) is 5.26. The molecule has 30 heavy (non-hydrogen) atoms. The van der Waals surface area contributed by atoms with Crippen LogP contribution in [-0.4, -0.2) is 23.4 Å². The summed E-state index contributed by atoms with van der Waals surface area (Å²) in [4.78, 5) is 25.2. The first-order valence-electron chi connectivity index (χ1n) is 9.41. The fourth-order valence-corrected chi connectivity index (χ4v) is 4.38. The van der Waals surface area contributed by atoms with Crippen molar-refractivity contribution in [1.29, 1.82) is 0 Å². The molecule has 3 aromatic carbocycles. The number of carbonyl (C=O) groups excluding carboxylic acids is 2. The number of rotatable bonds is 5. The number of urea groups is 1. The maximum absolute atomic E-state index is 12.3. The van der Waals surface area contributed by atoms with Crippen molar-refractivity contribution in [2.45, 2.75) is 13.5 Å². The molecule has 0 atom stereocenters. The van der Waals surface area contributed by atoms with Gasteiger partial charge in [0.2, 0.25) is 0 Å². The van der Waals surface area contributed by atoms with E-state index in [1.54, 1.807) is 25.1 Å². The number of hydrogen-bond acceptors (Lipinski definition) is 3. The molecule has 3 amide bonds. The molecule has 7 heteroatoms. The van der Waals surface area contributed by atoms with E-state index in [2.05, 4.69) is 39.4 Å². The number of fused-ring (bicyclic) bond motifs is 1. The van der Waals surface area contributed by atoms with Crippen molar-refractivity contribution in [2.24, 2.45) is 0 Å². The first kappa shape index (κ1) is 20.4. The summed E-state index contributed by atoms with van der Waals surface area (Å²) < 4.78 is 6.67. The monoisotopic (exact) mass is 484 g/mol. The summed E-state index contributed by atoms with van der Waals surface area (Å²) in [5.41, 5.74) is 1.95. The molecule has 152 valence electrons. The maximum atomic E-state index is 12.3. The number of nitrogens with one attached hydrogen (secondary N) is 1. The number of benzene rings is 3. The molecule has 5 nitrogen and oxygen atoms in total. The molecule has 1 fully saturated rings. The predicted octanol–water partition coefficient (Wildman–Crippen LogP) is 5.75. The second-order valence-electron chi connectivity index (χ2n) is 6.78. The standard InChI is InChI=1S/C23H18BrClN2O3/c1-2-27-22(28)20(26-23(27)29)12-14-10-18(24)21(19(25)11-14)30-13-16-8-5-7-15-6-3-4-9-17(15)16/h3-12H,2,13H2,1H3,(H,26,29)/b20-12+. The largest absolute Gasteiger partial charge is 0.486 e. The summed E-state index contributed by atoms with van der Waals surface area (Å²) in [6.07, 6.45) is 1.60. The minimum Gasteiger partial charge on any atom is -0.486 e. The van der Waals surface area contributed by atoms with Crippen LogP contribution in [0.5, 0.6) is 5.75 Å². The van der Waals surface area contributed by atoms with Crippen molar-refractivity contribution in [2.75, 3.05) is 6.54 Å². The molecule has 1 aliphatic rings. The number of imide groups is 1. The molecule has 0 bridgehead atoms. The van der Waals surface area contributed by atoms with Crippen LogP contribution in [0.25, 0.3) is 16.8 Å². The fourth-order valence-electron chi connectivity index (χ4n) is 3.39. The molecule has 1 N–H and O–H groups in total. The third-order valence-electron chi connectivity index (χ3n) is 4.86. The van der Waals surface area contributed by atoms with Gasteiger partial charge in [-0.2, -0.15) is 0 Å². The first-order valence-corrected chi connectivity index (χ1v) is 10.6. The van der Waals surface area contributed by atoms with Crippen molar-refractivity contribution in [3.63, 3.8) is 0 Å². The van der Waals surface area contributed by atoms with Crippen LogP contribution in [0.2, 0.25) is 5.02 Å². The lowest BCUT2D eigenvalue weighted by molar-refractivity contribution is -0.122. The summed E-state index contributed by atoms with van der Waals surface area (Å²) >= 11 is 9.96. The number of halogens is 2. The Morgan fingerprint density at radius 3 is 2.63 bits per heavy atom. The number of likely N-dealkylation sites (N-methyl/N-ethyl adjacent to an activating group) is 1. The van der Waals surface area contributed by atoms with E-state index in [1.165, 1.54) is 0 Å². The SMILES string of the molecule is CCN1C(=O)N/C(=C/c2cc(Cl)c(OCc3cccc4ccccc34)c(Br)c2)C1=O. The minimum atomic E-state index is -0.422. The van der Waals surface area contributed by atoms with Gasteiger partial charge in [-0.3, -0.25) is 9.69 Å². The second kappa shape index (κ2) is 8.50. The Hall–Kier alpha value is -2.83. The highest BCUT2D eigenvalue weighted by molar-refractivity contribution is 9.10. The number of hydrogen-bond donors (Lipinski definition) is 1. The van der Waals surface area contributed by atoms with Crippen molar-refractivity contribution in [1.82, 2.24) is 10.2 Å². The summed E-state index contributed by atoms with van der Waals surface area (Å²) in [6, 6.07) is 17.3. The molecule has 0 unspecified atom stereocenters. The van der Waals surface area contributed by atoms with E-state index in [1.807, 2.05) is 24.3 Å². The van der Waals surface area contributed by atoms with Crippen LogP contribution in [-0.2, 0) is 11.4 Å². The Kier molecular flexibility index (Phi) is 5.79. The fraction of sp³-hybridized carbons (Fsp3) is 0.130. The molecule has 0 spiro atoms. The van der Waals surface area contributed by atoms with E-state index in [0.717, 1.165) is 21.2 Å². The molecule has 0 radical (unpaired) electrons. The lowest BCUT2D eigenvalue weighted by Gasteiger charge is -2.13. The van der Waals surface area contributed by atoms with Gasteiger partial charge in [-0.1, -0.05) is 54.1 Å².